The zero-order valence-corrected chi connectivity index (χ0v) is 17.3. The van der Waals surface area contributed by atoms with E-state index in [9.17, 15) is 4.57 Å². The molecule has 0 saturated carbocycles. The first-order chi connectivity index (χ1) is 12.0. The van der Waals surface area contributed by atoms with Gasteiger partial charge in [0, 0.05) is 17.4 Å². The Morgan fingerprint density at radius 3 is 1.35 bits per heavy atom. The SMILES string of the molecule is C#CC(C)(C)C(C=C)(CC=C)O[P+](=O)OC(C=C)(CC=C)C(C)(C)C#C. The Morgan fingerprint density at radius 1 is 0.846 bits per heavy atom. The molecule has 0 aliphatic heterocycles. The van der Waals surface area contributed by atoms with Crippen LogP contribution in [-0.2, 0) is 13.6 Å². The summed E-state index contributed by atoms with van der Waals surface area (Å²) in [5, 5.41) is 0. The van der Waals surface area contributed by atoms with Crippen LogP contribution in [0.5, 0.6) is 0 Å². The molecular formula is C22H30O3P+. The van der Waals surface area contributed by atoms with Gasteiger partial charge in [0.1, 0.15) is 0 Å². The van der Waals surface area contributed by atoms with Crippen molar-refractivity contribution in [3.8, 4) is 24.7 Å². The lowest BCUT2D eigenvalue weighted by Crippen LogP contribution is -2.45. The molecule has 0 amide bonds. The fraction of sp³-hybridized carbons (Fsp3) is 0.455. The van der Waals surface area contributed by atoms with E-state index in [0.717, 1.165) is 0 Å². The first-order valence-corrected chi connectivity index (χ1v) is 9.36. The van der Waals surface area contributed by atoms with E-state index in [4.69, 9.17) is 21.9 Å². The van der Waals surface area contributed by atoms with Gasteiger partial charge in [-0.05, 0) is 27.7 Å². The summed E-state index contributed by atoms with van der Waals surface area (Å²) in [5.74, 6) is 5.34. The van der Waals surface area contributed by atoms with Gasteiger partial charge in [-0.2, -0.15) is 0 Å². The average molecular weight is 373 g/mol. The number of hydrogen-bond donors (Lipinski definition) is 0. The highest BCUT2D eigenvalue weighted by molar-refractivity contribution is 7.33. The summed E-state index contributed by atoms with van der Waals surface area (Å²) in [6.07, 6.45) is 18.3. The van der Waals surface area contributed by atoms with Crippen molar-refractivity contribution < 1.29 is 13.6 Å². The fourth-order valence-electron chi connectivity index (χ4n) is 2.52. The quantitative estimate of drug-likeness (QED) is 0.239. The van der Waals surface area contributed by atoms with Gasteiger partial charge in [-0.1, -0.05) is 49.3 Å². The van der Waals surface area contributed by atoms with Crippen LogP contribution in [0.1, 0.15) is 40.5 Å². The summed E-state index contributed by atoms with van der Waals surface area (Å²) in [7, 11) is -2.61. The van der Waals surface area contributed by atoms with Crippen molar-refractivity contribution in [1.29, 1.82) is 0 Å². The highest BCUT2D eigenvalue weighted by Crippen LogP contribution is 2.50. The molecule has 0 radical (unpaired) electrons. The Labute approximate surface area is 160 Å². The first-order valence-electron chi connectivity index (χ1n) is 8.27. The summed E-state index contributed by atoms with van der Waals surface area (Å²) < 4.78 is 24.5. The van der Waals surface area contributed by atoms with E-state index < -0.39 is 30.3 Å². The van der Waals surface area contributed by atoms with E-state index in [1.54, 1.807) is 52.0 Å². The highest BCUT2D eigenvalue weighted by atomic mass is 31.1. The average Bonchev–Trinajstić information content (AvgIpc) is 2.60. The van der Waals surface area contributed by atoms with Gasteiger partial charge in [0.25, 0.3) is 0 Å². The van der Waals surface area contributed by atoms with Gasteiger partial charge in [-0.15, -0.1) is 35.1 Å². The summed E-state index contributed by atoms with van der Waals surface area (Å²) in [4.78, 5) is 0. The van der Waals surface area contributed by atoms with E-state index in [-0.39, 0.29) is 0 Å². The van der Waals surface area contributed by atoms with Crippen molar-refractivity contribution in [3.63, 3.8) is 0 Å². The lowest BCUT2D eigenvalue weighted by atomic mass is 9.73. The molecular weight excluding hydrogens is 343 g/mol. The van der Waals surface area contributed by atoms with Crippen LogP contribution in [0.4, 0.5) is 0 Å². The molecule has 0 aliphatic rings. The third-order valence-corrected chi connectivity index (χ3v) is 5.82. The van der Waals surface area contributed by atoms with Gasteiger partial charge < -0.3 is 0 Å². The maximum atomic E-state index is 12.9. The first kappa shape index (κ1) is 24.1. The van der Waals surface area contributed by atoms with Crippen LogP contribution < -0.4 is 0 Å². The summed E-state index contributed by atoms with van der Waals surface area (Å²) >= 11 is 0. The molecule has 3 nitrogen and oxygen atoms in total. The maximum absolute atomic E-state index is 12.9. The van der Waals surface area contributed by atoms with Crippen molar-refractivity contribution >= 4 is 8.25 Å². The zero-order chi connectivity index (χ0) is 20.6. The van der Waals surface area contributed by atoms with Crippen LogP contribution in [0.25, 0.3) is 0 Å². The number of terminal acetylenes is 2. The summed E-state index contributed by atoms with van der Waals surface area (Å²) in [6.45, 7) is 22.3. The summed E-state index contributed by atoms with van der Waals surface area (Å²) in [5.41, 5.74) is -3.82. The van der Waals surface area contributed by atoms with Crippen molar-refractivity contribution in [2.75, 3.05) is 0 Å². The van der Waals surface area contributed by atoms with E-state index in [1.165, 1.54) is 0 Å². The molecule has 0 aliphatic carbocycles. The third-order valence-electron chi connectivity index (χ3n) is 4.87. The van der Waals surface area contributed by atoms with Crippen molar-refractivity contribution in [3.05, 3.63) is 50.6 Å². The normalized spacial score (nSPS) is 16.8. The van der Waals surface area contributed by atoms with Crippen molar-refractivity contribution in [2.45, 2.75) is 51.7 Å². The van der Waals surface area contributed by atoms with E-state index in [0.29, 0.717) is 12.8 Å². The van der Waals surface area contributed by atoms with Gasteiger partial charge in [-0.25, -0.2) is 0 Å². The Morgan fingerprint density at radius 2 is 1.15 bits per heavy atom. The molecule has 0 bridgehead atoms. The molecule has 26 heavy (non-hydrogen) atoms. The highest BCUT2D eigenvalue weighted by Gasteiger charge is 2.55. The second kappa shape index (κ2) is 9.16. The predicted molar refractivity (Wildman–Crippen MR) is 110 cm³/mol. The van der Waals surface area contributed by atoms with E-state index in [2.05, 4.69) is 38.2 Å². The standard InChI is InChI=1S/C22H30O3P/c1-11-17-21(15-5,19(7,8)13-3)24-26(23)25-22(16-6,18-12-2)20(9,10)14-4/h3-4,11-12,15-16H,1-2,5-6,17-18H2,7-10H3/q+1. The summed E-state index contributed by atoms with van der Waals surface area (Å²) in [6, 6.07) is 0. The molecule has 0 rings (SSSR count). The molecule has 0 saturated heterocycles. The Hall–Kier alpha value is -1.90. The molecule has 0 aromatic carbocycles. The van der Waals surface area contributed by atoms with Crippen LogP contribution in [-0.4, -0.2) is 11.2 Å². The zero-order valence-electron chi connectivity index (χ0n) is 16.4. The smallest absolute Gasteiger partial charge is 0.119 e. The van der Waals surface area contributed by atoms with Gasteiger partial charge in [-0.3, -0.25) is 0 Å². The monoisotopic (exact) mass is 373 g/mol. The topological polar surface area (TPSA) is 35.5 Å². The molecule has 0 N–H and O–H groups in total. The van der Waals surface area contributed by atoms with Crippen LogP contribution in [0, 0.1) is 35.5 Å². The van der Waals surface area contributed by atoms with Crippen LogP contribution in [0.15, 0.2) is 50.6 Å². The molecule has 2 atom stereocenters. The van der Waals surface area contributed by atoms with Gasteiger partial charge in [0.05, 0.1) is 10.8 Å². The maximum Gasteiger partial charge on any atom is 0.699 e. The second-order valence-electron chi connectivity index (χ2n) is 7.12. The molecule has 0 spiro atoms. The minimum Gasteiger partial charge on any atom is -0.119 e. The Kier molecular flexibility index (Phi) is 8.49. The molecule has 140 valence electrons. The lowest BCUT2D eigenvalue weighted by molar-refractivity contribution is -0.0141. The van der Waals surface area contributed by atoms with Gasteiger partial charge in [0.2, 0.25) is 0 Å². The number of hydrogen-bond acceptors (Lipinski definition) is 3. The minimum absolute atomic E-state index is 0.319. The third kappa shape index (κ3) is 4.63. The Balaban J connectivity index is 5.97. The number of rotatable bonds is 12. The van der Waals surface area contributed by atoms with Crippen LogP contribution in [0.2, 0.25) is 0 Å². The molecule has 2 unspecified atom stereocenters. The Bertz CT molecular complexity index is 604. The minimum atomic E-state index is -2.61. The van der Waals surface area contributed by atoms with Crippen molar-refractivity contribution in [2.24, 2.45) is 10.8 Å². The fourth-order valence-corrected chi connectivity index (χ4v) is 3.85. The van der Waals surface area contributed by atoms with Gasteiger partial charge >= 0.3 is 8.25 Å². The van der Waals surface area contributed by atoms with Crippen LogP contribution in [0.3, 0.4) is 0 Å². The molecule has 0 heterocycles. The molecule has 0 fully saturated rings. The van der Waals surface area contributed by atoms with E-state index in [1.807, 2.05) is 0 Å². The molecule has 0 aromatic heterocycles. The van der Waals surface area contributed by atoms with Crippen molar-refractivity contribution in [1.82, 2.24) is 0 Å². The second-order valence-corrected chi connectivity index (χ2v) is 7.93. The predicted octanol–water partition coefficient (Wildman–Crippen LogP) is 6.00. The van der Waals surface area contributed by atoms with E-state index >= 15 is 0 Å². The lowest BCUT2D eigenvalue weighted by Gasteiger charge is -2.37. The van der Waals surface area contributed by atoms with Crippen LogP contribution >= 0.6 is 8.25 Å². The molecule has 4 heteroatoms. The van der Waals surface area contributed by atoms with Gasteiger partial charge in [0.15, 0.2) is 11.2 Å². The molecule has 0 aromatic rings. The largest absolute Gasteiger partial charge is 0.699 e.